The minimum atomic E-state index is -4.66. The highest BCUT2D eigenvalue weighted by Gasteiger charge is 2.33. The SMILES string of the molecule is O=C(CN(Cc1ccco1)C(=O)CCc1ccco1)Nc1ccc(Cl)c(C(F)(F)F)c1. The first kappa shape index (κ1) is 22.5. The van der Waals surface area contributed by atoms with E-state index in [9.17, 15) is 22.8 Å². The van der Waals surface area contributed by atoms with Gasteiger partial charge in [0, 0.05) is 18.5 Å². The van der Waals surface area contributed by atoms with E-state index in [2.05, 4.69) is 5.32 Å². The molecule has 0 spiro atoms. The first-order valence-corrected chi connectivity index (χ1v) is 9.59. The van der Waals surface area contributed by atoms with Crippen molar-refractivity contribution < 1.29 is 31.6 Å². The number of benzene rings is 1. The summed E-state index contributed by atoms with van der Waals surface area (Å²) >= 11 is 5.60. The smallest absolute Gasteiger partial charge is 0.417 e. The molecular formula is C21H18ClF3N2O4. The zero-order chi connectivity index (χ0) is 22.4. The summed E-state index contributed by atoms with van der Waals surface area (Å²) in [6, 6.07) is 9.79. The summed E-state index contributed by atoms with van der Waals surface area (Å²) in [7, 11) is 0. The van der Waals surface area contributed by atoms with E-state index in [1.165, 1.54) is 23.5 Å². The molecule has 6 nitrogen and oxygen atoms in total. The Bertz CT molecular complexity index is 1020. The Morgan fingerprint density at radius 3 is 2.32 bits per heavy atom. The largest absolute Gasteiger partial charge is 0.469 e. The molecule has 0 radical (unpaired) electrons. The second-order valence-electron chi connectivity index (χ2n) is 6.65. The minimum absolute atomic E-state index is 0.0336. The number of carbonyl (C=O) groups excluding carboxylic acids is 2. The number of anilines is 1. The van der Waals surface area contributed by atoms with Crippen molar-refractivity contribution in [1.82, 2.24) is 4.90 Å². The van der Waals surface area contributed by atoms with Crippen molar-refractivity contribution in [3.05, 3.63) is 77.1 Å². The molecule has 0 saturated carbocycles. The number of alkyl halides is 3. The molecule has 0 aliphatic rings. The monoisotopic (exact) mass is 454 g/mol. The second kappa shape index (κ2) is 9.74. The number of rotatable bonds is 8. The highest BCUT2D eigenvalue weighted by molar-refractivity contribution is 6.31. The van der Waals surface area contributed by atoms with Crippen molar-refractivity contribution >= 4 is 29.1 Å². The number of halogens is 4. The standard InChI is InChI=1S/C21H18ClF3N2O4/c22-18-7-5-14(11-17(18)21(23,24)25)26-19(28)13-27(12-16-4-2-10-31-16)20(29)8-6-15-3-1-9-30-15/h1-5,7,9-11H,6,8,12-13H2,(H,26,28). The van der Waals surface area contributed by atoms with Crippen LogP contribution >= 0.6 is 11.6 Å². The van der Waals surface area contributed by atoms with Gasteiger partial charge in [-0.05, 0) is 42.5 Å². The van der Waals surface area contributed by atoms with Crippen molar-refractivity contribution in [2.75, 3.05) is 11.9 Å². The summed E-state index contributed by atoms with van der Waals surface area (Å²) in [6.07, 6.45) is -1.30. The zero-order valence-electron chi connectivity index (χ0n) is 16.1. The predicted molar refractivity (Wildman–Crippen MR) is 106 cm³/mol. The normalized spacial score (nSPS) is 11.4. The second-order valence-corrected chi connectivity index (χ2v) is 7.06. The van der Waals surface area contributed by atoms with Crippen molar-refractivity contribution in [1.29, 1.82) is 0 Å². The highest BCUT2D eigenvalue weighted by Crippen LogP contribution is 2.36. The van der Waals surface area contributed by atoms with E-state index in [-0.39, 0.29) is 31.1 Å². The summed E-state index contributed by atoms with van der Waals surface area (Å²) in [4.78, 5) is 26.4. The summed E-state index contributed by atoms with van der Waals surface area (Å²) in [5, 5.41) is 1.90. The van der Waals surface area contributed by atoms with Gasteiger partial charge in [0.1, 0.15) is 18.1 Å². The molecule has 164 valence electrons. The fourth-order valence-corrected chi connectivity index (χ4v) is 3.08. The Morgan fingerprint density at radius 2 is 1.71 bits per heavy atom. The van der Waals surface area contributed by atoms with Crippen LogP contribution in [0.3, 0.4) is 0 Å². The van der Waals surface area contributed by atoms with Gasteiger partial charge in [-0.15, -0.1) is 0 Å². The molecule has 3 aromatic rings. The predicted octanol–water partition coefficient (Wildman–Crippen LogP) is 5.14. The molecule has 2 aromatic heterocycles. The third-order valence-electron chi connectivity index (χ3n) is 4.33. The number of hydrogen-bond acceptors (Lipinski definition) is 4. The average molecular weight is 455 g/mol. The molecule has 10 heteroatoms. The van der Waals surface area contributed by atoms with Crippen LogP contribution in [-0.2, 0) is 28.7 Å². The van der Waals surface area contributed by atoms with E-state index in [4.69, 9.17) is 20.4 Å². The van der Waals surface area contributed by atoms with Crippen LogP contribution in [0.15, 0.2) is 63.8 Å². The van der Waals surface area contributed by atoms with Crippen molar-refractivity contribution in [2.24, 2.45) is 0 Å². The summed E-state index contributed by atoms with van der Waals surface area (Å²) < 4.78 is 49.5. The van der Waals surface area contributed by atoms with Gasteiger partial charge in [0.15, 0.2) is 0 Å². The van der Waals surface area contributed by atoms with Crippen LogP contribution in [0, 0.1) is 0 Å². The molecular weight excluding hydrogens is 437 g/mol. The topological polar surface area (TPSA) is 75.7 Å². The van der Waals surface area contributed by atoms with Crippen molar-refractivity contribution in [3.63, 3.8) is 0 Å². The van der Waals surface area contributed by atoms with Crippen LogP contribution in [0.2, 0.25) is 5.02 Å². The number of nitrogens with zero attached hydrogens (tertiary/aromatic N) is 1. The van der Waals surface area contributed by atoms with E-state index in [0.717, 1.165) is 12.1 Å². The highest BCUT2D eigenvalue weighted by atomic mass is 35.5. The number of furan rings is 2. The van der Waals surface area contributed by atoms with Gasteiger partial charge >= 0.3 is 6.18 Å². The fraction of sp³-hybridized carbons (Fsp3) is 0.238. The lowest BCUT2D eigenvalue weighted by Crippen LogP contribution is -2.37. The van der Waals surface area contributed by atoms with Gasteiger partial charge in [0.25, 0.3) is 0 Å². The number of carbonyl (C=O) groups is 2. The number of amides is 2. The lowest BCUT2D eigenvalue weighted by molar-refractivity contribution is -0.137. The van der Waals surface area contributed by atoms with E-state index in [1.807, 2.05) is 0 Å². The van der Waals surface area contributed by atoms with Gasteiger partial charge < -0.3 is 19.1 Å². The van der Waals surface area contributed by atoms with Gasteiger partial charge in [-0.25, -0.2) is 0 Å². The van der Waals surface area contributed by atoms with E-state index in [1.54, 1.807) is 24.3 Å². The molecule has 0 atom stereocenters. The third kappa shape index (κ3) is 6.39. The average Bonchev–Trinajstić information content (AvgIpc) is 3.40. The Labute approximate surface area is 180 Å². The van der Waals surface area contributed by atoms with E-state index in [0.29, 0.717) is 17.9 Å². The maximum atomic E-state index is 13.0. The van der Waals surface area contributed by atoms with E-state index < -0.39 is 22.7 Å². The van der Waals surface area contributed by atoms with Crippen LogP contribution in [0.25, 0.3) is 0 Å². The van der Waals surface area contributed by atoms with Gasteiger partial charge in [-0.1, -0.05) is 11.6 Å². The lowest BCUT2D eigenvalue weighted by Gasteiger charge is -2.21. The van der Waals surface area contributed by atoms with Gasteiger partial charge in [0.05, 0.1) is 29.7 Å². The molecule has 0 bridgehead atoms. The number of hydrogen-bond donors (Lipinski definition) is 1. The molecule has 0 aliphatic heterocycles. The Balaban J connectivity index is 1.68. The van der Waals surface area contributed by atoms with Crippen molar-refractivity contribution in [2.45, 2.75) is 25.6 Å². The van der Waals surface area contributed by atoms with E-state index >= 15 is 0 Å². The van der Waals surface area contributed by atoms with Gasteiger partial charge in [-0.2, -0.15) is 13.2 Å². The minimum Gasteiger partial charge on any atom is -0.469 e. The van der Waals surface area contributed by atoms with Gasteiger partial charge in [-0.3, -0.25) is 9.59 Å². The molecule has 0 fully saturated rings. The van der Waals surface area contributed by atoms with Gasteiger partial charge in [0.2, 0.25) is 11.8 Å². The molecule has 3 rings (SSSR count). The first-order valence-electron chi connectivity index (χ1n) is 9.21. The van der Waals surface area contributed by atoms with Crippen molar-refractivity contribution in [3.8, 4) is 0 Å². The van der Waals surface area contributed by atoms with Crippen LogP contribution in [0.1, 0.15) is 23.5 Å². The summed E-state index contributed by atoms with van der Waals surface area (Å²) in [6.45, 7) is -0.340. The first-order chi connectivity index (χ1) is 14.7. The number of aryl methyl sites for hydroxylation is 1. The fourth-order valence-electron chi connectivity index (χ4n) is 2.86. The quantitative estimate of drug-likeness (QED) is 0.511. The molecule has 0 unspecified atom stereocenters. The molecule has 0 saturated heterocycles. The maximum absolute atomic E-state index is 13.0. The van der Waals surface area contributed by atoms with Crippen LogP contribution in [-0.4, -0.2) is 23.3 Å². The Kier molecular flexibility index (Phi) is 7.06. The molecule has 31 heavy (non-hydrogen) atoms. The molecule has 2 heterocycles. The Hall–Kier alpha value is -3.20. The zero-order valence-corrected chi connectivity index (χ0v) is 16.9. The third-order valence-corrected chi connectivity index (χ3v) is 4.66. The summed E-state index contributed by atoms with van der Waals surface area (Å²) in [5.41, 5.74) is -1.14. The maximum Gasteiger partial charge on any atom is 0.417 e. The van der Waals surface area contributed by atoms with Crippen LogP contribution in [0.4, 0.5) is 18.9 Å². The molecule has 0 aliphatic carbocycles. The molecule has 1 N–H and O–H groups in total. The van der Waals surface area contributed by atoms with Crippen LogP contribution in [0.5, 0.6) is 0 Å². The lowest BCUT2D eigenvalue weighted by atomic mass is 10.2. The van der Waals surface area contributed by atoms with Crippen LogP contribution < -0.4 is 5.32 Å². The number of nitrogens with one attached hydrogen (secondary N) is 1. The Morgan fingerprint density at radius 1 is 1.03 bits per heavy atom. The molecule has 2 amide bonds. The molecule has 1 aromatic carbocycles. The summed E-state index contributed by atoms with van der Waals surface area (Å²) in [5.74, 6) is 0.0879.